The molecule has 0 spiro atoms. The molecule has 6 heteroatoms. The molecule has 30 heavy (non-hydrogen) atoms. The van der Waals surface area contributed by atoms with Crippen LogP contribution >= 0.6 is 0 Å². The zero-order valence-corrected chi connectivity index (χ0v) is 17.2. The van der Waals surface area contributed by atoms with E-state index in [-0.39, 0.29) is 29.1 Å². The number of nitrogens with one attached hydrogen (secondary N) is 1. The molecule has 1 aromatic carbocycles. The first-order valence-corrected chi connectivity index (χ1v) is 10.4. The monoisotopic (exact) mass is 400 g/mol. The van der Waals surface area contributed by atoms with Crippen molar-refractivity contribution in [3.05, 3.63) is 70.8 Å². The second-order valence-electron chi connectivity index (χ2n) is 8.07. The van der Waals surface area contributed by atoms with Crippen molar-refractivity contribution in [3.63, 3.8) is 0 Å². The number of amides is 1. The number of carbonyl (C=O) groups excluding carboxylic acids is 2. The Hall–Kier alpha value is -3.33. The van der Waals surface area contributed by atoms with Crippen molar-refractivity contribution in [3.8, 4) is 6.07 Å². The summed E-state index contributed by atoms with van der Waals surface area (Å²) in [5, 5.41) is 12.6. The summed E-state index contributed by atoms with van der Waals surface area (Å²) in [7, 11) is 0. The minimum atomic E-state index is -0.740. The summed E-state index contributed by atoms with van der Waals surface area (Å²) in [5.74, 6) is -0.606. The zero-order valence-electron chi connectivity index (χ0n) is 17.2. The molecule has 4 rings (SSSR count). The van der Waals surface area contributed by atoms with Crippen LogP contribution in [0.15, 0.2) is 48.4 Å². The van der Waals surface area contributed by atoms with E-state index in [1.807, 2.05) is 38.2 Å². The van der Waals surface area contributed by atoms with Gasteiger partial charge >= 0.3 is 0 Å². The van der Waals surface area contributed by atoms with Crippen LogP contribution in [0.2, 0.25) is 0 Å². The standard InChI is InChI=1S/C24H24N4O2/c1-3-9-27-23(30)16-5-4-6-19(10-16)24-11-18(12-25)21(29)15(2)20(24)8-7-17-13-26-14-28-22(17)24/h4-6,10-11,13-15,20H,3,7-9H2,1-2H3,(H,27,30)/t15-,20-,24?/m0/s1. The lowest BCUT2D eigenvalue weighted by atomic mass is 9.54. The first kappa shape index (κ1) is 20.0. The molecule has 1 N–H and O–H groups in total. The molecule has 0 radical (unpaired) electrons. The molecule has 0 fully saturated rings. The van der Waals surface area contributed by atoms with Crippen LogP contribution in [-0.4, -0.2) is 28.2 Å². The Morgan fingerprint density at radius 2 is 2.23 bits per heavy atom. The maximum absolute atomic E-state index is 12.8. The zero-order chi connectivity index (χ0) is 21.3. The molecule has 2 aliphatic rings. The Morgan fingerprint density at radius 1 is 1.40 bits per heavy atom. The van der Waals surface area contributed by atoms with Crippen molar-refractivity contribution < 1.29 is 9.59 Å². The largest absolute Gasteiger partial charge is 0.352 e. The van der Waals surface area contributed by atoms with E-state index in [0.29, 0.717) is 12.1 Å². The molecule has 2 aromatic rings. The van der Waals surface area contributed by atoms with Gasteiger partial charge in [0.2, 0.25) is 0 Å². The molecule has 1 amide bonds. The van der Waals surface area contributed by atoms with Crippen molar-refractivity contribution in [2.45, 2.75) is 38.5 Å². The lowest BCUT2D eigenvalue weighted by Crippen LogP contribution is -2.48. The molecule has 2 aliphatic carbocycles. The van der Waals surface area contributed by atoms with Crippen molar-refractivity contribution in [2.75, 3.05) is 6.54 Å². The maximum atomic E-state index is 12.8. The lowest BCUT2D eigenvalue weighted by Gasteiger charge is -2.47. The van der Waals surface area contributed by atoms with E-state index in [4.69, 9.17) is 0 Å². The van der Waals surface area contributed by atoms with Gasteiger partial charge in [-0.05, 0) is 54.5 Å². The molecule has 3 atom stereocenters. The first-order chi connectivity index (χ1) is 14.5. The van der Waals surface area contributed by atoms with E-state index in [2.05, 4.69) is 21.4 Å². The molecule has 0 saturated heterocycles. The van der Waals surface area contributed by atoms with Gasteiger partial charge in [0, 0.05) is 24.2 Å². The van der Waals surface area contributed by atoms with Gasteiger partial charge in [0.15, 0.2) is 5.78 Å². The predicted octanol–water partition coefficient (Wildman–Crippen LogP) is 3.13. The number of ketones is 1. The predicted molar refractivity (Wildman–Crippen MR) is 112 cm³/mol. The number of nitriles is 1. The third-order valence-corrected chi connectivity index (χ3v) is 6.40. The number of aromatic nitrogens is 2. The number of carbonyl (C=O) groups is 2. The summed E-state index contributed by atoms with van der Waals surface area (Å²) < 4.78 is 0. The van der Waals surface area contributed by atoms with Crippen LogP contribution in [0.25, 0.3) is 0 Å². The van der Waals surface area contributed by atoms with Gasteiger partial charge in [0.1, 0.15) is 12.4 Å². The Bertz CT molecular complexity index is 1080. The van der Waals surface area contributed by atoms with Crippen molar-refractivity contribution in [1.29, 1.82) is 5.26 Å². The molecule has 0 aliphatic heterocycles. The van der Waals surface area contributed by atoms with Gasteiger partial charge in [-0.2, -0.15) is 5.26 Å². The first-order valence-electron chi connectivity index (χ1n) is 10.4. The molecule has 6 nitrogen and oxygen atoms in total. The maximum Gasteiger partial charge on any atom is 0.251 e. The summed E-state index contributed by atoms with van der Waals surface area (Å²) >= 11 is 0. The number of hydrogen-bond donors (Lipinski definition) is 1. The number of Topliss-reactive ketones (excluding diaryl/α,β-unsaturated/α-hetero) is 1. The van der Waals surface area contributed by atoms with Crippen LogP contribution in [0.5, 0.6) is 0 Å². The number of benzene rings is 1. The average Bonchev–Trinajstić information content (AvgIpc) is 2.79. The molecule has 0 saturated carbocycles. The average molecular weight is 400 g/mol. The fourth-order valence-corrected chi connectivity index (χ4v) is 4.95. The van der Waals surface area contributed by atoms with Crippen LogP contribution in [-0.2, 0) is 16.6 Å². The van der Waals surface area contributed by atoms with E-state index in [0.717, 1.165) is 36.1 Å². The number of hydrogen-bond acceptors (Lipinski definition) is 5. The van der Waals surface area contributed by atoms with Gasteiger partial charge in [-0.3, -0.25) is 9.59 Å². The minimum Gasteiger partial charge on any atom is -0.352 e. The van der Waals surface area contributed by atoms with E-state index in [1.165, 1.54) is 6.33 Å². The van der Waals surface area contributed by atoms with Crippen LogP contribution in [0, 0.1) is 23.2 Å². The van der Waals surface area contributed by atoms with Crippen LogP contribution in [0.1, 0.15) is 53.9 Å². The highest BCUT2D eigenvalue weighted by molar-refractivity contribution is 6.02. The quantitative estimate of drug-likeness (QED) is 0.851. The van der Waals surface area contributed by atoms with Gasteiger partial charge in [-0.1, -0.05) is 26.0 Å². The van der Waals surface area contributed by atoms with Gasteiger partial charge in [-0.25, -0.2) is 9.97 Å². The summed E-state index contributed by atoms with van der Waals surface area (Å²) in [6, 6.07) is 9.59. The Morgan fingerprint density at radius 3 is 3.00 bits per heavy atom. The van der Waals surface area contributed by atoms with E-state index in [1.54, 1.807) is 12.1 Å². The number of aryl methyl sites for hydroxylation is 1. The van der Waals surface area contributed by atoms with E-state index in [9.17, 15) is 14.9 Å². The second-order valence-corrected chi connectivity index (χ2v) is 8.07. The number of fused-ring (bicyclic) bond motifs is 3. The highest BCUT2D eigenvalue weighted by atomic mass is 16.1. The molecule has 152 valence electrons. The minimum absolute atomic E-state index is 0.0431. The van der Waals surface area contributed by atoms with Crippen LogP contribution < -0.4 is 5.32 Å². The fourth-order valence-electron chi connectivity index (χ4n) is 4.95. The fraction of sp³-hybridized carbons (Fsp3) is 0.375. The topological polar surface area (TPSA) is 95.7 Å². The smallest absolute Gasteiger partial charge is 0.251 e. The lowest BCUT2D eigenvalue weighted by molar-refractivity contribution is -0.121. The Kier molecular flexibility index (Phi) is 5.21. The van der Waals surface area contributed by atoms with Crippen LogP contribution in [0.3, 0.4) is 0 Å². The van der Waals surface area contributed by atoms with Gasteiger partial charge in [0.05, 0.1) is 16.7 Å². The van der Waals surface area contributed by atoms with E-state index < -0.39 is 5.41 Å². The number of allylic oxidation sites excluding steroid dienone is 2. The van der Waals surface area contributed by atoms with Gasteiger partial charge in [0.25, 0.3) is 5.91 Å². The summed E-state index contributed by atoms with van der Waals surface area (Å²) in [6.45, 7) is 4.51. The molecule has 1 aromatic heterocycles. The Labute approximate surface area is 176 Å². The molecule has 0 bridgehead atoms. The summed E-state index contributed by atoms with van der Waals surface area (Å²) in [4.78, 5) is 34.2. The molecule has 1 heterocycles. The van der Waals surface area contributed by atoms with Gasteiger partial charge < -0.3 is 5.32 Å². The van der Waals surface area contributed by atoms with Crippen molar-refractivity contribution >= 4 is 11.7 Å². The highest BCUT2D eigenvalue weighted by Crippen LogP contribution is 2.52. The molecule has 1 unspecified atom stereocenters. The van der Waals surface area contributed by atoms with E-state index >= 15 is 0 Å². The summed E-state index contributed by atoms with van der Waals surface area (Å²) in [5.41, 5.74) is 2.70. The van der Waals surface area contributed by atoms with Gasteiger partial charge in [-0.15, -0.1) is 0 Å². The number of rotatable bonds is 4. The summed E-state index contributed by atoms with van der Waals surface area (Å²) in [6.07, 6.45) is 7.55. The van der Waals surface area contributed by atoms with Crippen molar-refractivity contribution in [2.24, 2.45) is 11.8 Å². The Balaban J connectivity index is 1.96. The highest BCUT2D eigenvalue weighted by Gasteiger charge is 2.52. The SMILES string of the molecule is CCCNC(=O)c1cccc(C23C=C(C#N)C(=O)[C@@H](C)[C@@H]2CCc2cncnc23)c1. The molecular weight excluding hydrogens is 376 g/mol. The van der Waals surface area contributed by atoms with Crippen molar-refractivity contribution in [1.82, 2.24) is 15.3 Å². The second kappa shape index (κ2) is 7.83. The number of nitrogens with zero attached hydrogens (tertiary/aromatic N) is 3. The van der Waals surface area contributed by atoms with Crippen LogP contribution in [0.4, 0.5) is 0 Å². The normalized spacial score (nSPS) is 24.8. The third kappa shape index (κ3) is 3.02. The third-order valence-electron chi connectivity index (χ3n) is 6.40. The molecular formula is C24H24N4O2.